The number of nitriles is 1. The lowest BCUT2D eigenvalue weighted by Crippen LogP contribution is -2.36. The molecule has 0 saturated carbocycles. The number of benzene rings is 2. The molecule has 1 aliphatic rings. The van der Waals surface area contributed by atoms with Crippen molar-refractivity contribution in [3.63, 3.8) is 0 Å². The Hall–Kier alpha value is -3.51. The molecule has 0 radical (unpaired) electrons. The average Bonchev–Trinajstić information content (AvgIpc) is 2.89. The number of nitrogens with one attached hydrogen (secondary N) is 2. The van der Waals surface area contributed by atoms with Crippen LogP contribution >= 0.6 is 11.6 Å². The maximum absolute atomic E-state index is 12.3. The Morgan fingerprint density at radius 2 is 2.00 bits per heavy atom. The number of rotatable bonds is 9. The van der Waals surface area contributed by atoms with Gasteiger partial charge in [-0.1, -0.05) is 29.8 Å². The fourth-order valence-corrected chi connectivity index (χ4v) is 4.12. The van der Waals surface area contributed by atoms with Crippen LogP contribution in [0.15, 0.2) is 54.9 Å². The van der Waals surface area contributed by atoms with Gasteiger partial charge in [0.2, 0.25) is 5.91 Å². The molecular weight excluding hydrogens is 464 g/mol. The van der Waals surface area contributed by atoms with Gasteiger partial charge in [-0.05, 0) is 48.4 Å². The fraction of sp³-hybridized carbons (Fsp3) is 0.308. The molecule has 1 amide bonds. The second-order valence-corrected chi connectivity index (χ2v) is 8.64. The minimum absolute atomic E-state index is 0.0642. The highest BCUT2D eigenvalue weighted by atomic mass is 35.5. The van der Waals surface area contributed by atoms with E-state index >= 15 is 0 Å². The molecule has 1 saturated heterocycles. The standard InChI is InChI=1S/C26H27ClN6O2/c27-25-13-21(32-26(34)14-22-17-31-23(15-28)18-30-22)5-4-20(25)6-7-29-16-19-2-1-3-24(12-19)33-8-10-35-11-9-33/h1-5,12-13,17-18,29H,6-11,14,16H2,(H,32,34). The van der Waals surface area contributed by atoms with Crippen LogP contribution in [0.3, 0.4) is 0 Å². The Bertz CT molecular complexity index is 1190. The number of anilines is 2. The van der Waals surface area contributed by atoms with Crippen molar-refractivity contribution >= 4 is 28.9 Å². The van der Waals surface area contributed by atoms with E-state index in [1.165, 1.54) is 23.6 Å². The van der Waals surface area contributed by atoms with Gasteiger partial charge in [-0.3, -0.25) is 9.78 Å². The van der Waals surface area contributed by atoms with E-state index in [0.29, 0.717) is 16.4 Å². The van der Waals surface area contributed by atoms with E-state index in [1.54, 1.807) is 6.07 Å². The number of morpholine rings is 1. The molecule has 0 atom stereocenters. The van der Waals surface area contributed by atoms with Crippen molar-refractivity contribution < 1.29 is 9.53 Å². The molecular formula is C26H27ClN6O2. The number of hydrogen-bond donors (Lipinski definition) is 2. The number of amides is 1. The van der Waals surface area contributed by atoms with Crippen LogP contribution in [-0.4, -0.2) is 48.7 Å². The predicted octanol–water partition coefficient (Wildman–Crippen LogP) is 3.35. The maximum Gasteiger partial charge on any atom is 0.230 e. The lowest BCUT2D eigenvalue weighted by Gasteiger charge is -2.29. The average molecular weight is 491 g/mol. The van der Waals surface area contributed by atoms with Gasteiger partial charge < -0.3 is 20.3 Å². The molecule has 8 nitrogen and oxygen atoms in total. The lowest BCUT2D eigenvalue weighted by atomic mass is 10.1. The van der Waals surface area contributed by atoms with Crippen LogP contribution in [0.5, 0.6) is 0 Å². The third kappa shape index (κ3) is 7.23. The minimum atomic E-state index is -0.228. The topological polar surface area (TPSA) is 103 Å². The molecule has 2 aromatic carbocycles. The highest BCUT2D eigenvalue weighted by Gasteiger charge is 2.11. The van der Waals surface area contributed by atoms with Crippen LogP contribution in [0, 0.1) is 11.3 Å². The Morgan fingerprint density at radius 3 is 2.74 bits per heavy atom. The number of carbonyl (C=O) groups excluding carboxylic acids is 1. The summed E-state index contributed by atoms with van der Waals surface area (Å²) < 4.78 is 5.44. The second kappa shape index (κ2) is 12.3. The van der Waals surface area contributed by atoms with Crippen molar-refractivity contribution in [2.75, 3.05) is 43.1 Å². The van der Waals surface area contributed by atoms with E-state index in [4.69, 9.17) is 21.6 Å². The van der Waals surface area contributed by atoms with E-state index in [9.17, 15) is 4.79 Å². The molecule has 9 heteroatoms. The molecule has 0 spiro atoms. The summed E-state index contributed by atoms with van der Waals surface area (Å²) in [7, 11) is 0. The highest BCUT2D eigenvalue weighted by molar-refractivity contribution is 6.31. The summed E-state index contributed by atoms with van der Waals surface area (Å²) >= 11 is 6.46. The van der Waals surface area contributed by atoms with Crippen molar-refractivity contribution in [3.8, 4) is 6.07 Å². The Morgan fingerprint density at radius 1 is 1.14 bits per heavy atom. The smallest absolute Gasteiger partial charge is 0.230 e. The van der Waals surface area contributed by atoms with Crippen LogP contribution in [-0.2, 0) is 28.9 Å². The van der Waals surface area contributed by atoms with Gasteiger partial charge in [-0.15, -0.1) is 0 Å². The molecule has 1 aromatic heterocycles. The SMILES string of the molecule is N#Cc1cnc(CC(=O)Nc2ccc(CCNCc3cccc(N4CCOCC4)c3)c(Cl)c2)cn1. The van der Waals surface area contributed by atoms with Gasteiger partial charge in [0.25, 0.3) is 0 Å². The van der Waals surface area contributed by atoms with Gasteiger partial charge in [-0.25, -0.2) is 4.98 Å². The first kappa shape index (κ1) is 24.6. The number of nitrogens with zero attached hydrogens (tertiary/aromatic N) is 4. The second-order valence-electron chi connectivity index (χ2n) is 8.23. The zero-order chi connectivity index (χ0) is 24.5. The van der Waals surface area contributed by atoms with Crippen molar-refractivity contribution in [3.05, 3.63) is 82.4 Å². The molecule has 180 valence electrons. The van der Waals surface area contributed by atoms with Gasteiger partial charge in [0, 0.05) is 36.0 Å². The summed E-state index contributed by atoms with van der Waals surface area (Å²) in [4.78, 5) is 22.6. The predicted molar refractivity (Wildman–Crippen MR) is 135 cm³/mol. The molecule has 1 aliphatic heterocycles. The third-order valence-electron chi connectivity index (χ3n) is 5.69. The summed E-state index contributed by atoms with van der Waals surface area (Å²) in [5, 5.41) is 15.7. The number of hydrogen-bond acceptors (Lipinski definition) is 7. The summed E-state index contributed by atoms with van der Waals surface area (Å²) in [5.74, 6) is -0.228. The normalized spacial score (nSPS) is 13.3. The van der Waals surface area contributed by atoms with E-state index in [0.717, 1.165) is 51.4 Å². The zero-order valence-corrected chi connectivity index (χ0v) is 20.1. The first-order chi connectivity index (χ1) is 17.1. The molecule has 4 rings (SSSR count). The fourth-order valence-electron chi connectivity index (χ4n) is 3.84. The largest absolute Gasteiger partial charge is 0.378 e. The maximum atomic E-state index is 12.3. The van der Waals surface area contributed by atoms with Gasteiger partial charge >= 0.3 is 0 Å². The van der Waals surface area contributed by atoms with Gasteiger partial charge in [0.15, 0.2) is 5.69 Å². The molecule has 1 fully saturated rings. The minimum Gasteiger partial charge on any atom is -0.378 e. The summed E-state index contributed by atoms with van der Waals surface area (Å²) in [5.41, 5.74) is 4.82. The highest BCUT2D eigenvalue weighted by Crippen LogP contribution is 2.22. The van der Waals surface area contributed by atoms with Gasteiger partial charge in [0.1, 0.15) is 6.07 Å². The van der Waals surface area contributed by atoms with E-state index in [2.05, 4.69) is 49.8 Å². The van der Waals surface area contributed by atoms with Crippen LogP contribution < -0.4 is 15.5 Å². The molecule has 0 bridgehead atoms. The summed E-state index contributed by atoms with van der Waals surface area (Å²) in [6.07, 6.45) is 3.62. The Kier molecular flexibility index (Phi) is 8.63. The molecule has 2 heterocycles. The van der Waals surface area contributed by atoms with Crippen molar-refractivity contribution in [2.45, 2.75) is 19.4 Å². The molecule has 3 aromatic rings. The molecule has 2 N–H and O–H groups in total. The quantitative estimate of drug-likeness (QED) is 0.443. The molecule has 35 heavy (non-hydrogen) atoms. The van der Waals surface area contributed by atoms with E-state index < -0.39 is 0 Å². The van der Waals surface area contributed by atoms with Crippen LogP contribution in [0.4, 0.5) is 11.4 Å². The van der Waals surface area contributed by atoms with E-state index in [-0.39, 0.29) is 18.0 Å². The lowest BCUT2D eigenvalue weighted by molar-refractivity contribution is -0.115. The molecule has 0 aliphatic carbocycles. The van der Waals surface area contributed by atoms with Crippen molar-refractivity contribution in [1.29, 1.82) is 5.26 Å². The zero-order valence-electron chi connectivity index (χ0n) is 19.3. The monoisotopic (exact) mass is 490 g/mol. The third-order valence-corrected chi connectivity index (χ3v) is 6.04. The number of ether oxygens (including phenoxy) is 1. The number of aromatic nitrogens is 2. The Balaban J connectivity index is 1.23. The first-order valence-electron chi connectivity index (χ1n) is 11.5. The summed E-state index contributed by atoms with van der Waals surface area (Å²) in [6.45, 7) is 4.96. The molecule has 0 unspecified atom stereocenters. The van der Waals surface area contributed by atoms with Crippen molar-refractivity contribution in [2.24, 2.45) is 0 Å². The van der Waals surface area contributed by atoms with Gasteiger partial charge in [0.05, 0.1) is 37.7 Å². The van der Waals surface area contributed by atoms with Gasteiger partial charge in [-0.2, -0.15) is 5.26 Å². The van der Waals surface area contributed by atoms with Crippen LogP contribution in [0.25, 0.3) is 0 Å². The van der Waals surface area contributed by atoms with Crippen molar-refractivity contribution in [1.82, 2.24) is 15.3 Å². The van der Waals surface area contributed by atoms with Crippen LogP contribution in [0.1, 0.15) is 22.5 Å². The number of carbonyl (C=O) groups is 1. The number of halogens is 1. The Labute approximate surface area is 209 Å². The van der Waals surface area contributed by atoms with E-state index in [1.807, 2.05) is 18.2 Å². The first-order valence-corrected chi connectivity index (χ1v) is 11.9. The van der Waals surface area contributed by atoms with Crippen LogP contribution in [0.2, 0.25) is 5.02 Å². The summed E-state index contributed by atoms with van der Waals surface area (Å²) in [6, 6.07) is 16.0.